The molecule has 2 heterocycles. The lowest BCUT2D eigenvalue weighted by Crippen LogP contribution is -2.46. The molecule has 1 aliphatic rings. The summed E-state index contributed by atoms with van der Waals surface area (Å²) in [5.41, 5.74) is 3.20. The van der Waals surface area contributed by atoms with Crippen LogP contribution in [0, 0.1) is 16.7 Å². The van der Waals surface area contributed by atoms with E-state index in [2.05, 4.69) is 21.7 Å². The highest BCUT2D eigenvalue weighted by Gasteiger charge is 2.22. The zero-order chi connectivity index (χ0) is 24.6. The summed E-state index contributed by atoms with van der Waals surface area (Å²) in [7, 11) is 1.63. The number of aromatic nitrogens is 1. The van der Waals surface area contributed by atoms with E-state index in [9.17, 15) is 4.79 Å². The number of nitrogens with zero attached hydrogens (tertiary/aromatic N) is 1. The number of amides is 1. The highest BCUT2D eigenvalue weighted by atomic mass is 16.5. The first-order chi connectivity index (χ1) is 17.0. The zero-order valence-electron chi connectivity index (χ0n) is 20.2. The SMILES string of the molecule is COc1ccc(CN(C(=N)CCc2c[nH]c3ccccc23)C(=N)CNC(=O)C2CCCNC2)cc1. The highest BCUT2D eigenvalue weighted by molar-refractivity contribution is 6.00. The Morgan fingerprint density at radius 3 is 2.69 bits per heavy atom. The van der Waals surface area contributed by atoms with Gasteiger partial charge in [0.1, 0.15) is 17.4 Å². The van der Waals surface area contributed by atoms with Gasteiger partial charge in [-0.05, 0) is 55.1 Å². The topological polar surface area (TPSA) is 117 Å². The molecular formula is C27H34N6O2. The number of H-pyrrole nitrogens is 1. The molecule has 1 aromatic heterocycles. The fraction of sp³-hybridized carbons (Fsp3) is 0.370. The minimum Gasteiger partial charge on any atom is -0.497 e. The van der Waals surface area contributed by atoms with Crippen molar-refractivity contribution in [2.24, 2.45) is 5.92 Å². The Kier molecular flexibility index (Phi) is 8.15. The number of carbonyl (C=O) groups excluding carboxylic acids is 1. The van der Waals surface area contributed by atoms with Crippen molar-refractivity contribution in [2.75, 3.05) is 26.7 Å². The van der Waals surface area contributed by atoms with Gasteiger partial charge >= 0.3 is 0 Å². The number of aromatic amines is 1. The molecule has 0 bridgehead atoms. The Labute approximate surface area is 206 Å². The first-order valence-corrected chi connectivity index (χ1v) is 12.1. The Hall–Kier alpha value is -3.65. The first-order valence-electron chi connectivity index (χ1n) is 12.1. The molecular weight excluding hydrogens is 440 g/mol. The summed E-state index contributed by atoms with van der Waals surface area (Å²) in [5.74, 6) is 1.23. The van der Waals surface area contributed by atoms with Crippen LogP contribution in [0.4, 0.5) is 0 Å². The fourth-order valence-electron chi connectivity index (χ4n) is 4.48. The first kappa shape index (κ1) is 24.5. The van der Waals surface area contributed by atoms with Crippen LogP contribution >= 0.6 is 0 Å². The Balaban J connectivity index is 1.43. The average Bonchev–Trinajstić information content (AvgIpc) is 3.32. The van der Waals surface area contributed by atoms with Crippen LogP contribution in [0.3, 0.4) is 0 Å². The number of para-hydroxylation sites is 1. The van der Waals surface area contributed by atoms with Crippen molar-refractivity contribution < 1.29 is 9.53 Å². The van der Waals surface area contributed by atoms with E-state index in [4.69, 9.17) is 15.6 Å². The number of methoxy groups -OCH3 is 1. The molecule has 0 spiro atoms. The van der Waals surface area contributed by atoms with Gasteiger partial charge in [-0.3, -0.25) is 15.6 Å². The molecule has 1 unspecified atom stereocenters. The number of amidine groups is 2. The smallest absolute Gasteiger partial charge is 0.224 e. The molecule has 4 rings (SSSR count). The van der Waals surface area contributed by atoms with Gasteiger partial charge < -0.3 is 25.3 Å². The molecule has 1 saturated heterocycles. The van der Waals surface area contributed by atoms with Crippen molar-refractivity contribution in [3.63, 3.8) is 0 Å². The number of rotatable bonds is 9. The largest absolute Gasteiger partial charge is 0.497 e. The number of piperidine rings is 1. The van der Waals surface area contributed by atoms with E-state index in [1.54, 1.807) is 12.0 Å². The van der Waals surface area contributed by atoms with Gasteiger partial charge in [0, 0.05) is 30.1 Å². The van der Waals surface area contributed by atoms with Crippen molar-refractivity contribution in [3.05, 3.63) is 65.9 Å². The van der Waals surface area contributed by atoms with Crippen LogP contribution in [0.1, 0.15) is 30.4 Å². The van der Waals surface area contributed by atoms with E-state index in [1.165, 1.54) is 0 Å². The number of ether oxygens (including phenoxy) is 1. The fourth-order valence-corrected chi connectivity index (χ4v) is 4.48. The molecule has 1 atom stereocenters. The minimum absolute atomic E-state index is 0.0309. The summed E-state index contributed by atoms with van der Waals surface area (Å²) in [6.45, 7) is 2.11. The summed E-state index contributed by atoms with van der Waals surface area (Å²) in [4.78, 5) is 17.6. The summed E-state index contributed by atoms with van der Waals surface area (Å²) < 4.78 is 5.25. The number of aryl methyl sites for hydroxylation is 1. The third-order valence-corrected chi connectivity index (χ3v) is 6.56. The van der Waals surface area contributed by atoms with Crippen molar-refractivity contribution in [3.8, 4) is 5.75 Å². The van der Waals surface area contributed by atoms with Crippen LogP contribution < -0.4 is 15.4 Å². The molecule has 35 heavy (non-hydrogen) atoms. The number of hydrogen-bond acceptors (Lipinski definition) is 5. The number of benzene rings is 2. The van der Waals surface area contributed by atoms with Gasteiger partial charge in [0.2, 0.25) is 5.91 Å². The molecule has 5 N–H and O–H groups in total. The van der Waals surface area contributed by atoms with Crippen LogP contribution in [0.5, 0.6) is 5.75 Å². The van der Waals surface area contributed by atoms with E-state index in [0.29, 0.717) is 31.8 Å². The number of carbonyl (C=O) groups is 1. The summed E-state index contributed by atoms with van der Waals surface area (Å²) in [5, 5.41) is 24.9. The van der Waals surface area contributed by atoms with E-state index in [1.807, 2.05) is 48.7 Å². The second-order valence-electron chi connectivity index (χ2n) is 8.95. The van der Waals surface area contributed by atoms with Gasteiger partial charge in [0.15, 0.2) is 0 Å². The van der Waals surface area contributed by atoms with E-state index >= 15 is 0 Å². The summed E-state index contributed by atoms with van der Waals surface area (Å²) in [6, 6.07) is 15.8. The average molecular weight is 475 g/mol. The minimum atomic E-state index is -0.0621. The molecule has 1 amide bonds. The van der Waals surface area contributed by atoms with Crippen LogP contribution in [0.25, 0.3) is 10.9 Å². The maximum Gasteiger partial charge on any atom is 0.224 e. The second-order valence-corrected chi connectivity index (χ2v) is 8.95. The van der Waals surface area contributed by atoms with Crippen molar-refractivity contribution in [2.45, 2.75) is 32.2 Å². The van der Waals surface area contributed by atoms with Gasteiger partial charge in [-0.25, -0.2) is 0 Å². The van der Waals surface area contributed by atoms with E-state index < -0.39 is 0 Å². The normalized spacial score (nSPS) is 15.5. The highest BCUT2D eigenvalue weighted by Crippen LogP contribution is 2.20. The van der Waals surface area contributed by atoms with Crippen LogP contribution in [0.2, 0.25) is 0 Å². The molecule has 1 fully saturated rings. The number of hydrogen-bond donors (Lipinski definition) is 5. The molecule has 2 aromatic carbocycles. The Morgan fingerprint density at radius 2 is 1.94 bits per heavy atom. The third-order valence-electron chi connectivity index (χ3n) is 6.56. The molecule has 0 saturated carbocycles. The summed E-state index contributed by atoms with van der Waals surface area (Å²) >= 11 is 0. The molecule has 0 radical (unpaired) electrons. The van der Waals surface area contributed by atoms with Gasteiger partial charge in [0.05, 0.1) is 26.1 Å². The standard InChI is InChI=1S/C27H34N6O2/c1-35-22-11-8-19(9-12-22)18-33(26(29)17-32-27(34)21-5-4-14-30-15-21)25(28)13-10-20-16-31-24-7-3-2-6-23(20)24/h2-3,6-9,11-12,16,21,28-31H,4-5,10,13-15,17-18H2,1H3,(H,32,34). The van der Waals surface area contributed by atoms with Gasteiger partial charge in [0.25, 0.3) is 0 Å². The van der Waals surface area contributed by atoms with Crippen LogP contribution in [-0.2, 0) is 17.8 Å². The second kappa shape index (κ2) is 11.7. The molecule has 184 valence electrons. The maximum atomic E-state index is 12.6. The van der Waals surface area contributed by atoms with Gasteiger partial charge in [-0.2, -0.15) is 0 Å². The van der Waals surface area contributed by atoms with Crippen molar-refractivity contribution in [1.82, 2.24) is 20.5 Å². The Morgan fingerprint density at radius 1 is 1.14 bits per heavy atom. The van der Waals surface area contributed by atoms with Gasteiger partial charge in [-0.1, -0.05) is 30.3 Å². The van der Waals surface area contributed by atoms with Crippen LogP contribution in [0.15, 0.2) is 54.7 Å². The van der Waals surface area contributed by atoms with Crippen molar-refractivity contribution in [1.29, 1.82) is 10.8 Å². The predicted octanol–water partition coefficient (Wildman–Crippen LogP) is 3.68. The van der Waals surface area contributed by atoms with Gasteiger partial charge in [-0.15, -0.1) is 0 Å². The Bertz CT molecular complexity index is 1160. The van der Waals surface area contributed by atoms with E-state index in [0.717, 1.165) is 47.2 Å². The lowest BCUT2D eigenvalue weighted by atomic mass is 9.99. The lowest BCUT2D eigenvalue weighted by molar-refractivity contribution is -0.125. The molecule has 0 aliphatic carbocycles. The monoisotopic (exact) mass is 474 g/mol. The summed E-state index contributed by atoms with van der Waals surface area (Å²) in [6.07, 6.45) is 5.02. The molecule has 3 aromatic rings. The predicted molar refractivity (Wildman–Crippen MR) is 139 cm³/mol. The third kappa shape index (κ3) is 6.27. The van der Waals surface area contributed by atoms with Crippen molar-refractivity contribution >= 4 is 28.5 Å². The quantitative estimate of drug-likeness (QED) is 0.240. The molecule has 8 heteroatoms. The molecule has 8 nitrogen and oxygen atoms in total. The van der Waals surface area contributed by atoms with Crippen LogP contribution in [-0.4, -0.2) is 54.2 Å². The van der Waals surface area contributed by atoms with E-state index in [-0.39, 0.29) is 24.2 Å². The number of fused-ring (bicyclic) bond motifs is 1. The number of nitrogens with one attached hydrogen (secondary N) is 5. The molecule has 1 aliphatic heterocycles. The lowest BCUT2D eigenvalue weighted by Gasteiger charge is -2.27. The maximum absolute atomic E-state index is 12.6. The zero-order valence-corrected chi connectivity index (χ0v) is 20.2.